The van der Waals surface area contributed by atoms with E-state index < -0.39 is 0 Å². The molecule has 0 aromatic heterocycles. The molecule has 0 atom stereocenters. The first-order valence-corrected chi connectivity index (χ1v) is 9.35. The molecule has 0 aliphatic carbocycles. The lowest BCUT2D eigenvalue weighted by atomic mass is 9.86. The fraction of sp³-hybridized carbons (Fsp3) is 0.409. The fourth-order valence-electron chi connectivity index (χ4n) is 3.39. The van der Waals surface area contributed by atoms with E-state index in [1.54, 1.807) is 0 Å². The molecule has 2 aromatic carbocycles. The van der Waals surface area contributed by atoms with Crippen molar-refractivity contribution in [3.8, 4) is 0 Å². The summed E-state index contributed by atoms with van der Waals surface area (Å²) in [7, 11) is 0. The maximum atomic E-state index is 12.7. The number of hydrogen-bond acceptors (Lipinski definition) is 2. The van der Waals surface area contributed by atoms with Gasteiger partial charge in [-0.1, -0.05) is 69.3 Å². The van der Waals surface area contributed by atoms with E-state index in [1.165, 1.54) is 5.56 Å². The summed E-state index contributed by atoms with van der Waals surface area (Å²) >= 11 is 0. The summed E-state index contributed by atoms with van der Waals surface area (Å²) in [6.07, 6.45) is 0. The molecule has 138 valence electrons. The summed E-state index contributed by atoms with van der Waals surface area (Å²) in [4.78, 5) is 17.0. The van der Waals surface area contributed by atoms with Gasteiger partial charge in [-0.2, -0.15) is 0 Å². The largest absolute Gasteiger partial charge is 0.322 e. The quantitative estimate of drug-likeness (QED) is 0.893. The van der Waals surface area contributed by atoms with Crippen LogP contribution in [0.4, 0.5) is 10.5 Å². The van der Waals surface area contributed by atoms with Crippen LogP contribution in [0.2, 0.25) is 0 Å². The average Bonchev–Trinajstić information content (AvgIpc) is 2.63. The smallest absolute Gasteiger partial charge is 0.321 e. The van der Waals surface area contributed by atoms with Crippen molar-refractivity contribution in [2.45, 2.75) is 32.7 Å². The van der Waals surface area contributed by atoms with Crippen LogP contribution in [0, 0.1) is 0 Å². The van der Waals surface area contributed by atoms with Crippen LogP contribution in [0.15, 0.2) is 54.6 Å². The van der Waals surface area contributed by atoms with Crippen LogP contribution in [0.5, 0.6) is 0 Å². The Balaban J connectivity index is 1.56. The topological polar surface area (TPSA) is 35.6 Å². The highest BCUT2D eigenvalue weighted by Crippen LogP contribution is 2.29. The highest BCUT2D eigenvalue weighted by molar-refractivity contribution is 5.90. The van der Waals surface area contributed by atoms with Crippen molar-refractivity contribution in [2.75, 3.05) is 31.5 Å². The Morgan fingerprint density at radius 1 is 0.923 bits per heavy atom. The Morgan fingerprint density at radius 2 is 1.54 bits per heavy atom. The van der Waals surface area contributed by atoms with Crippen LogP contribution in [-0.4, -0.2) is 42.0 Å². The van der Waals surface area contributed by atoms with E-state index in [-0.39, 0.29) is 11.4 Å². The molecule has 0 spiro atoms. The van der Waals surface area contributed by atoms with Crippen molar-refractivity contribution < 1.29 is 4.79 Å². The zero-order chi connectivity index (χ0) is 18.6. The van der Waals surface area contributed by atoms with Crippen LogP contribution in [-0.2, 0) is 12.0 Å². The summed E-state index contributed by atoms with van der Waals surface area (Å²) in [6, 6.07) is 18.6. The molecular weight excluding hydrogens is 322 g/mol. The lowest BCUT2D eigenvalue weighted by molar-refractivity contribution is 0.143. The van der Waals surface area contributed by atoms with Crippen molar-refractivity contribution in [3.63, 3.8) is 0 Å². The van der Waals surface area contributed by atoms with Crippen LogP contribution >= 0.6 is 0 Å². The predicted octanol–water partition coefficient (Wildman–Crippen LogP) is 4.33. The third kappa shape index (κ3) is 4.64. The first-order chi connectivity index (χ1) is 12.4. The lowest BCUT2D eigenvalue weighted by Gasteiger charge is -2.35. The van der Waals surface area contributed by atoms with Gasteiger partial charge < -0.3 is 10.2 Å². The van der Waals surface area contributed by atoms with E-state index in [0.29, 0.717) is 0 Å². The summed E-state index contributed by atoms with van der Waals surface area (Å²) in [6.45, 7) is 10.8. The number of piperazine rings is 1. The number of anilines is 1. The normalized spacial score (nSPS) is 15.7. The second kappa shape index (κ2) is 7.92. The summed E-state index contributed by atoms with van der Waals surface area (Å²) in [5.74, 6) is 0. The van der Waals surface area contributed by atoms with E-state index >= 15 is 0 Å². The van der Waals surface area contributed by atoms with Gasteiger partial charge in [-0.3, -0.25) is 4.90 Å². The van der Waals surface area contributed by atoms with Crippen LogP contribution in [0.25, 0.3) is 0 Å². The zero-order valence-corrected chi connectivity index (χ0v) is 16.0. The van der Waals surface area contributed by atoms with E-state index in [9.17, 15) is 4.79 Å². The Bertz CT molecular complexity index is 729. The van der Waals surface area contributed by atoms with Gasteiger partial charge in [0.05, 0.1) is 0 Å². The van der Waals surface area contributed by atoms with Gasteiger partial charge >= 0.3 is 6.03 Å². The zero-order valence-electron chi connectivity index (χ0n) is 16.0. The summed E-state index contributed by atoms with van der Waals surface area (Å²) in [5, 5.41) is 3.12. The minimum Gasteiger partial charge on any atom is -0.322 e. The molecular formula is C22H29N3O. The molecule has 2 amide bonds. The Labute approximate surface area is 156 Å². The molecule has 1 heterocycles. The molecule has 0 radical (unpaired) electrons. The number of urea groups is 1. The minimum absolute atomic E-state index is 0.000983. The van der Waals surface area contributed by atoms with Gasteiger partial charge in [-0.15, -0.1) is 0 Å². The van der Waals surface area contributed by atoms with E-state index in [4.69, 9.17) is 0 Å². The number of nitrogens with one attached hydrogen (secondary N) is 1. The first-order valence-electron chi connectivity index (χ1n) is 9.35. The van der Waals surface area contributed by atoms with Crippen molar-refractivity contribution in [3.05, 3.63) is 65.7 Å². The molecule has 0 unspecified atom stereocenters. The number of para-hydroxylation sites is 1. The summed E-state index contributed by atoms with van der Waals surface area (Å²) in [5.41, 5.74) is 3.40. The number of hydrogen-bond donors (Lipinski definition) is 1. The van der Waals surface area contributed by atoms with E-state index in [2.05, 4.69) is 61.3 Å². The molecule has 0 saturated carbocycles. The lowest BCUT2D eigenvalue weighted by Crippen LogP contribution is -2.49. The van der Waals surface area contributed by atoms with Gasteiger partial charge in [0.15, 0.2) is 0 Å². The first kappa shape index (κ1) is 18.5. The number of rotatable bonds is 3. The van der Waals surface area contributed by atoms with Crippen LogP contribution in [0.3, 0.4) is 0 Å². The fourth-order valence-corrected chi connectivity index (χ4v) is 3.39. The maximum Gasteiger partial charge on any atom is 0.321 e. The van der Waals surface area contributed by atoms with Crippen molar-refractivity contribution >= 4 is 11.7 Å². The Hall–Kier alpha value is -2.33. The number of amides is 2. The van der Waals surface area contributed by atoms with Gasteiger partial charge in [0.25, 0.3) is 0 Å². The third-order valence-electron chi connectivity index (χ3n) is 4.89. The van der Waals surface area contributed by atoms with Crippen molar-refractivity contribution in [1.29, 1.82) is 0 Å². The molecule has 3 rings (SSSR count). The maximum absolute atomic E-state index is 12.7. The van der Waals surface area contributed by atoms with Gasteiger partial charge in [0, 0.05) is 38.4 Å². The van der Waals surface area contributed by atoms with Crippen molar-refractivity contribution in [1.82, 2.24) is 9.80 Å². The molecule has 4 heteroatoms. The standard InChI is InChI=1S/C22H29N3O/c1-22(2,3)19-11-7-8-12-20(19)23-21(26)25-15-13-24(14-16-25)17-18-9-5-4-6-10-18/h4-12H,13-17H2,1-3H3,(H,23,26). The second-order valence-electron chi connectivity index (χ2n) is 7.97. The molecule has 1 aliphatic heterocycles. The molecule has 0 bridgehead atoms. The Kier molecular flexibility index (Phi) is 5.62. The molecule has 2 aromatic rings. The number of carbonyl (C=O) groups is 1. The monoisotopic (exact) mass is 351 g/mol. The van der Waals surface area contributed by atoms with E-state index in [0.717, 1.165) is 44.0 Å². The highest BCUT2D eigenvalue weighted by atomic mass is 16.2. The van der Waals surface area contributed by atoms with Crippen LogP contribution < -0.4 is 5.32 Å². The minimum atomic E-state index is -0.00173. The third-order valence-corrected chi connectivity index (χ3v) is 4.89. The van der Waals surface area contributed by atoms with Crippen LogP contribution in [0.1, 0.15) is 31.9 Å². The van der Waals surface area contributed by atoms with E-state index in [1.807, 2.05) is 29.2 Å². The average molecular weight is 351 g/mol. The number of nitrogens with zero attached hydrogens (tertiary/aromatic N) is 2. The molecule has 1 N–H and O–H groups in total. The number of benzene rings is 2. The second-order valence-corrected chi connectivity index (χ2v) is 7.97. The number of carbonyl (C=O) groups excluding carboxylic acids is 1. The molecule has 1 aliphatic rings. The van der Waals surface area contributed by atoms with Gasteiger partial charge in [-0.25, -0.2) is 4.79 Å². The van der Waals surface area contributed by atoms with Gasteiger partial charge in [-0.05, 0) is 22.6 Å². The molecule has 1 saturated heterocycles. The molecule has 4 nitrogen and oxygen atoms in total. The van der Waals surface area contributed by atoms with Gasteiger partial charge in [0.2, 0.25) is 0 Å². The molecule has 26 heavy (non-hydrogen) atoms. The predicted molar refractivity (Wildman–Crippen MR) is 107 cm³/mol. The van der Waals surface area contributed by atoms with Gasteiger partial charge in [0.1, 0.15) is 0 Å². The highest BCUT2D eigenvalue weighted by Gasteiger charge is 2.23. The Morgan fingerprint density at radius 3 is 2.19 bits per heavy atom. The van der Waals surface area contributed by atoms with Crippen molar-refractivity contribution in [2.24, 2.45) is 0 Å². The SMILES string of the molecule is CC(C)(C)c1ccccc1NC(=O)N1CCN(Cc2ccccc2)CC1. The summed E-state index contributed by atoms with van der Waals surface area (Å²) < 4.78 is 0. The molecule has 1 fully saturated rings.